The van der Waals surface area contributed by atoms with Crippen LogP contribution in [-0.2, 0) is 6.42 Å². The topological polar surface area (TPSA) is 77.8 Å². The normalized spacial score (nSPS) is 20.5. The minimum atomic E-state index is -2.70. The minimum absolute atomic E-state index is 0.192. The Kier molecular flexibility index (Phi) is 5.40. The van der Waals surface area contributed by atoms with E-state index in [1.54, 1.807) is 30.4 Å². The number of nitrogens with zero attached hydrogens (tertiary/aromatic N) is 5. The average molecular weight is 456 g/mol. The first-order valence-corrected chi connectivity index (χ1v) is 11.1. The summed E-state index contributed by atoms with van der Waals surface area (Å²) in [5.41, 5.74) is 3.04. The zero-order chi connectivity index (χ0) is 23.3. The second-order valence-corrected chi connectivity index (χ2v) is 8.94. The van der Waals surface area contributed by atoms with Crippen molar-refractivity contribution in [3.63, 3.8) is 0 Å². The van der Waals surface area contributed by atoms with E-state index in [4.69, 9.17) is 0 Å². The van der Waals surface area contributed by atoms with Gasteiger partial charge in [-0.3, -0.25) is 4.90 Å². The number of halogens is 2. The number of hydrogen-bond donors (Lipinski definition) is 2. The Morgan fingerprint density at radius 1 is 1.24 bits per heavy atom. The molecule has 1 saturated heterocycles. The summed E-state index contributed by atoms with van der Waals surface area (Å²) in [4.78, 5) is 25.7. The van der Waals surface area contributed by atoms with Crippen LogP contribution in [0.2, 0.25) is 0 Å². The smallest absolute Gasteiger partial charge is 0.327 e. The van der Waals surface area contributed by atoms with Crippen molar-refractivity contribution in [2.45, 2.75) is 45.7 Å². The van der Waals surface area contributed by atoms with E-state index in [0.29, 0.717) is 36.6 Å². The zero-order valence-corrected chi connectivity index (χ0v) is 18.8. The molecule has 5 heterocycles. The van der Waals surface area contributed by atoms with Crippen molar-refractivity contribution < 1.29 is 13.6 Å². The summed E-state index contributed by atoms with van der Waals surface area (Å²) in [6.07, 6.45) is 2.98. The number of piperazine rings is 1. The molecule has 0 saturated carbocycles. The molecule has 0 aromatic carbocycles. The Balaban J connectivity index is 1.41. The highest BCUT2D eigenvalue weighted by molar-refractivity contribution is 6.03. The third kappa shape index (κ3) is 3.99. The molecule has 5 rings (SSSR count). The van der Waals surface area contributed by atoms with Crippen molar-refractivity contribution in [1.29, 1.82) is 0 Å². The number of pyridine rings is 2. The number of aromatic nitrogens is 3. The number of amides is 2. The van der Waals surface area contributed by atoms with Gasteiger partial charge in [-0.25, -0.2) is 23.5 Å². The molecular formula is C23H27F2N7O. The third-order valence-corrected chi connectivity index (χ3v) is 6.18. The summed E-state index contributed by atoms with van der Waals surface area (Å²) in [6, 6.07) is 3.63. The maximum Gasteiger partial charge on any atom is 0.327 e. The molecule has 2 aliphatic heterocycles. The second kappa shape index (κ2) is 8.26. The van der Waals surface area contributed by atoms with Gasteiger partial charge in [-0.05, 0) is 39.3 Å². The Morgan fingerprint density at radius 2 is 2.00 bits per heavy atom. The second-order valence-electron chi connectivity index (χ2n) is 8.94. The Bertz CT molecular complexity index is 1200. The molecule has 3 aromatic heterocycles. The number of urea groups is 1. The molecule has 1 fully saturated rings. The number of anilines is 3. The summed E-state index contributed by atoms with van der Waals surface area (Å²) < 4.78 is 28.7. The lowest BCUT2D eigenvalue weighted by molar-refractivity contribution is 0.152. The molecule has 2 N–H and O–H groups in total. The molecule has 0 spiro atoms. The molecule has 174 valence electrons. The molecule has 10 heteroatoms. The zero-order valence-electron chi connectivity index (χ0n) is 18.8. The molecule has 2 atom stereocenters. The number of carbonyl (C=O) groups excluding carboxylic acids is 1. The number of nitrogens with one attached hydrogen (secondary N) is 2. The van der Waals surface area contributed by atoms with E-state index in [1.165, 1.54) is 10.5 Å². The fourth-order valence-electron chi connectivity index (χ4n) is 4.96. The average Bonchev–Trinajstić information content (AvgIpc) is 3.34. The van der Waals surface area contributed by atoms with Crippen molar-refractivity contribution >= 4 is 28.9 Å². The van der Waals surface area contributed by atoms with Crippen LogP contribution >= 0.6 is 0 Å². The first-order chi connectivity index (χ1) is 15.8. The highest BCUT2D eigenvalue weighted by Crippen LogP contribution is 2.35. The summed E-state index contributed by atoms with van der Waals surface area (Å²) >= 11 is 0. The van der Waals surface area contributed by atoms with Crippen LogP contribution in [0.5, 0.6) is 0 Å². The van der Waals surface area contributed by atoms with E-state index in [0.717, 1.165) is 24.3 Å². The molecule has 3 aromatic rings. The monoisotopic (exact) mass is 455 g/mol. The summed E-state index contributed by atoms with van der Waals surface area (Å²) in [5, 5.41) is 6.31. The molecule has 0 aliphatic carbocycles. The van der Waals surface area contributed by atoms with Crippen molar-refractivity contribution in [2.75, 3.05) is 34.8 Å². The van der Waals surface area contributed by atoms with Crippen LogP contribution < -0.4 is 20.4 Å². The van der Waals surface area contributed by atoms with E-state index >= 15 is 0 Å². The van der Waals surface area contributed by atoms with Crippen molar-refractivity contribution in [2.24, 2.45) is 0 Å². The number of aryl methyl sites for hydroxylation is 1. The van der Waals surface area contributed by atoms with E-state index in [9.17, 15) is 13.6 Å². The van der Waals surface area contributed by atoms with E-state index in [1.807, 2.05) is 6.07 Å². The molecule has 33 heavy (non-hydrogen) atoms. The van der Waals surface area contributed by atoms with Crippen LogP contribution in [0.1, 0.15) is 37.1 Å². The highest BCUT2D eigenvalue weighted by Gasteiger charge is 2.31. The largest absolute Gasteiger partial charge is 0.368 e. The van der Waals surface area contributed by atoms with Crippen molar-refractivity contribution in [3.8, 4) is 0 Å². The molecule has 0 unspecified atom stereocenters. The predicted molar refractivity (Wildman–Crippen MR) is 123 cm³/mol. The van der Waals surface area contributed by atoms with Crippen molar-refractivity contribution in [3.05, 3.63) is 47.5 Å². The van der Waals surface area contributed by atoms with Gasteiger partial charge in [-0.2, -0.15) is 0 Å². The Hall–Kier alpha value is -3.27. The minimum Gasteiger partial charge on any atom is -0.368 e. The summed E-state index contributed by atoms with van der Waals surface area (Å²) in [5.74, 6) is 0.623. The number of hydrogen-bond acceptors (Lipinski definition) is 5. The van der Waals surface area contributed by atoms with Crippen LogP contribution in [0.15, 0.2) is 30.7 Å². The van der Waals surface area contributed by atoms with Gasteiger partial charge in [0.05, 0.1) is 16.9 Å². The maximum atomic E-state index is 13.6. The first-order valence-electron chi connectivity index (χ1n) is 11.1. The van der Waals surface area contributed by atoms with Crippen LogP contribution in [0.3, 0.4) is 0 Å². The maximum absolute atomic E-state index is 13.6. The van der Waals surface area contributed by atoms with Gasteiger partial charge in [0.2, 0.25) is 0 Å². The van der Waals surface area contributed by atoms with Crippen LogP contribution in [0.25, 0.3) is 5.65 Å². The lowest BCUT2D eigenvalue weighted by Gasteiger charge is -2.38. The van der Waals surface area contributed by atoms with Gasteiger partial charge in [-0.1, -0.05) is 0 Å². The van der Waals surface area contributed by atoms with Gasteiger partial charge in [0, 0.05) is 61.6 Å². The number of rotatable bonds is 3. The van der Waals surface area contributed by atoms with E-state index < -0.39 is 12.5 Å². The van der Waals surface area contributed by atoms with Crippen LogP contribution in [0.4, 0.5) is 30.8 Å². The van der Waals surface area contributed by atoms with Crippen LogP contribution in [0, 0.1) is 6.92 Å². The van der Waals surface area contributed by atoms with E-state index in [2.05, 4.69) is 39.3 Å². The van der Waals surface area contributed by atoms with Gasteiger partial charge in [-0.15, -0.1) is 0 Å². The molecule has 2 amide bonds. The van der Waals surface area contributed by atoms with Gasteiger partial charge in [0.25, 0.3) is 6.43 Å². The molecule has 2 aliphatic rings. The number of carbonyl (C=O) groups is 1. The van der Waals surface area contributed by atoms with Crippen LogP contribution in [-0.4, -0.2) is 52.1 Å². The highest BCUT2D eigenvalue weighted by atomic mass is 19.3. The molecular weight excluding hydrogens is 428 g/mol. The first kappa shape index (κ1) is 21.6. The van der Waals surface area contributed by atoms with E-state index in [-0.39, 0.29) is 16.9 Å². The third-order valence-electron chi connectivity index (χ3n) is 6.18. The fraction of sp³-hybridized carbons (Fsp3) is 0.435. The van der Waals surface area contributed by atoms with Gasteiger partial charge >= 0.3 is 6.03 Å². The Labute approximate surface area is 190 Å². The SMILES string of the molecule is Cc1cn2cc(NC(=O)N3CCc4c(N5C[C@@H](C)N[C@@H](C)C5)ccnc43)cc(C(F)F)c2n1. The lowest BCUT2D eigenvalue weighted by Crippen LogP contribution is -2.54. The summed E-state index contributed by atoms with van der Waals surface area (Å²) in [7, 11) is 0. The summed E-state index contributed by atoms with van der Waals surface area (Å²) in [6.45, 7) is 8.31. The number of alkyl halides is 2. The fourth-order valence-corrected chi connectivity index (χ4v) is 4.96. The van der Waals surface area contributed by atoms with Gasteiger partial charge in [0.15, 0.2) is 0 Å². The predicted octanol–water partition coefficient (Wildman–Crippen LogP) is 3.76. The lowest BCUT2D eigenvalue weighted by atomic mass is 10.1. The number of fused-ring (bicyclic) bond motifs is 2. The van der Waals surface area contributed by atoms with Gasteiger partial charge < -0.3 is 19.9 Å². The molecule has 0 radical (unpaired) electrons. The molecule has 0 bridgehead atoms. The quantitative estimate of drug-likeness (QED) is 0.629. The Morgan fingerprint density at radius 3 is 2.73 bits per heavy atom. The number of imidazole rings is 1. The molecule has 8 nitrogen and oxygen atoms in total. The van der Waals surface area contributed by atoms with Crippen molar-refractivity contribution in [1.82, 2.24) is 19.7 Å². The van der Waals surface area contributed by atoms with Gasteiger partial charge in [0.1, 0.15) is 11.5 Å². The standard InChI is InChI=1S/C23H27F2N7O/c1-13-9-30(10-14(2)27-13)19-4-6-26-21-17(19)5-7-32(21)23(33)29-16-8-18(20(24)25)22-28-15(3)11-31(22)12-16/h4,6,8,11-14,20,27H,5,7,9-10H2,1-3H3,(H,29,33)/t13-,14+.